The first-order valence-electron chi connectivity index (χ1n) is 9.38. The molecular formula is C21H21N5O3. The molecule has 0 spiro atoms. The Morgan fingerprint density at radius 2 is 1.79 bits per heavy atom. The highest BCUT2D eigenvalue weighted by Crippen LogP contribution is 2.17. The van der Waals surface area contributed by atoms with Crippen molar-refractivity contribution in [2.45, 2.75) is 6.92 Å². The number of hydrogen-bond acceptors (Lipinski definition) is 6. The quantitative estimate of drug-likeness (QED) is 0.523. The summed E-state index contributed by atoms with van der Waals surface area (Å²) in [4.78, 5) is 26.7. The Bertz CT molecular complexity index is 1120. The van der Waals surface area contributed by atoms with Gasteiger partial charge in [-0.3, -0.25) is 9.59 Å². The van der Waals surface area contributed by atoms with E-state index in [4.69, 9.17) is 4.74 Å². The number of amides is 1. The SMILES string of the molecule is C/C(=N/NC(=O)c1n[nH]c(=O)c2ccccc12)c1ccc(N2CCOCC2)cc1. The zero-order chi connectivity index (χ0) is 20.2. The average Bonchev–Trinajstić information content (AvgIpc) is 2.78. The molecule has 8 nitrogen and oxygen atoms in total. The van der Waals surface area contributed by atoms with Crippen LogP contribution in [0.4, 0.5) is 5.69 Å². The van der Waals surface area contributed by atoms with Crippen LogP contribution >= 0.6 is 0 Å². The minimum Gasteiger partial charge on any atom is -0.378 e. The maximum atomic E-state index is 12.5. The number of fused-ring (bicyclic) bond motifs is 1. The molecule has 4 rings (SSSR count). The highest BCUT2D eigenvalue weighted by atomic mass is 16.5. The van der Waals surface area contributed by atoms with Crippen LogP contribution in [0.2, 0.25) is 0 Å². The molecule has 0 atom stereocenters. The molecule has 2 aromatic carbocycles. The smallest absolute Gasteiger partial charge is 0.292 e. The number of H-pyrrole nitrogens is 1. The van der Waals surface area contributed by atoms with Gasteiger partial charge in [-0.15, -0.1) is 0 Å². The van der Waals surface area contributed by atoms with E-state index in [0.717, 1.165) is 37.6 Å². The number of hydrogen-bond donors (Lipinski definition) is 2. The van der Waals surface area contributed by atoms with Crippen LogP contribution in [-0.2, 0) is 4.74 Å². The number of rotatable bonds is 4. The third kappa shape index (κ3) is 4.02. The molecule has 2 N–H and O–H groups in total. The minimum absolute atomic E-state index is 0.124. The van der Waals surface area contributed by atoms with E-state index in [1.54, 1.807) is 24.3 Å². The van der Waals surface area contributed by atoms with E-state index < -0.39 is 5.91 Å². The standard InChI is InChI=1S/C21H21N5O3/c1-14(15-6-8-16(9-7-15)26-10-12-29-13-11-26)22-25-21(28)19-17-4-2-3-5-18(17)20(27)24-23-19/h2-9H,10-13H2,1H3,(H,24,27)(H,25,28)/b22-14-. The summed E-state index contributed by atoms with van der Waals surface area (Å²) in [6.07, 6.45) is 0. The van der Waals surface area contributed by atoms with Crippen LogP contribution in [0.15, 0.2) is 58.4 Å². The molecule has 3 aromatic rings. The molecule has 148 valence electrons. The molecule has 1 fully saturated rings. The van der Waals surface area contributed by atoms with Crippen molar-refractivity contribution in [3.63, 3.8) is 0 Å². The van der Waals surface area contributed by atoms with Crippen molar-refractivity contribution in [3.8, 4) is 0 Å². The van der Waals surface area contributed by atoms with Crippen molar-refractivity contribution in [2.75, 3.05) is 31.2 Å². The molecule has 1 aliphatic rings. The first-order chi connectivity index (χ1) is 14.1. The fraction of sp³-hybridized carbons (Fsp3) is 0.238. The third-order valence-electron chi connectivity index (χ3n) is 4.90. The zero-order valence-corrected chi connectivity index (χ0v) is 16.0. The molecule has 0 radical (unpaired) electrons. The average molecular weight is 391 g/mol. The fourth-order valence-electron chi connectivity index (χ4n) is 3.27. The molecule has 0 aliphatic carbocycles. The van der Waals surface area contributed by atoms with E-state index in [-0.39, 0.29) is 11.3 Å². The summed E-state index contributed by atoms with van der Waals surface area (Å²) in [5, 5.41) is 11.3. The largest absolute Gasteiger partial charge is 0.378 e. The lowest BCUT2D eigenvalue weighted by atomic mass is 10.1. The number of ether oxygens (including phenoxy) is 1. The van der Waals surface area contributed by atoms with E-state index in [1.807, 2.05) is 31.2 Å². The fourth-order valence-corrected chi connectivity index (χ4v) is 3.27. The van der Waals surface area contributed by atoms with Gasteiger partial charge in [-0.1, -0.05) is 30.3 Å². The first-order valence-corrected chi connectivity index (χ1v) is 9.38. The molecule has 0 bridgehead atoms. The maximum Gasteiger partial charge on any atom is 0.292 e. The van der Waals surface area contributed by atoms with Gasteiger partial charge in [-0.05, 0) is 30.7 Å². The number of nitrogens with zero attached hydrogens (tertiary/aromatic N) is 3. The zero-order valence-electron chi connectivity index (χ0n) is 16.0. The minimum atomic E-state index is -0.485. The van der Waals surface area contributed by atoms with E-state index >= 15 is 0 Å². The number of hydrazone groups is 1. The van der Waals surface area contributed by atoms with E-state index in [1.165, 1.54) is 0 Å². The van der Waals surface area contributed by atoms with Gasteiger partial charge in [0.05, 0.1) is 24.3 Å². The van der Waals surface area contributed by atoms with Gasteiger partial charge < -0.3 is 9.64 Å². The summed E-state index contributed by atoms with van der Waals surface area (Å²) in [5.41, 5.74) is 5.02. The van der Waals surface area contributed by atoms with Crippen LogP contribution in [0, 0.1) is 0 Å². The molecular weight excluding hydrogens is 370 g/mol. The second-order valence-corrected chi connectivity index (χ2v) is 6.73. The second-order valence-electron chi connectivity index (χ2n) is 6.73. The summed E-state index contributed by atoms with van der Waals surface area (Å²) < 4.78 is 5.38. The Hall–Kier alpha value is -3.52. The number of benzene rings is 2. The van der Waals surface area contributed by atoms with Crippen LogP contribution < -0.4 is 15.9 Å². The van der Waals surface area contributed by atoms with Crippen LogP contribution in [0.3, 0.4) is 0 Å². The number of nitrogens with one attached hydrogen (secondary N) is 2. The molecule has 0 unspecified atom stereocenters. The Morgan fingerprint density at radius 3 is 2.52 bits per heavy atom. The van der Waals surface area contributed by atoms with Gasteiger partial charge in [-0.2, -0.15) is 10.2 Å². The summed E-state index contributed by atoms with van der Waals surface area (Å²) in [6.45, 7) is 5.05. The van der Waals surface area contributed by atoms with Crippen LogP contribution in [0.1, 0.15) is 23.0 Å². The number of aromatic amines is 1. The van der Waals surface area contributed by atoms with Crippen molar-refractivity contribution in [3.05, 3.63) is 70.1 Å². The van der Waals surface area contributed by atoms with Gasteiger partial charge in [0, 0.05) is 24.2 Å². The summed E-state index contributed by atoms with van der Waals surface area (Å²) in [7, 11) is 0. The molecule has 1 aliphatic heterocycles. The highest BCUT2D eigenvalue weighted by molar-refractivity contribution is 6.06. The molecule has 8 heteroatoms. The van der Waals surface area contributed by atoms with Gasteiger partial charge in [-0.25, -0.2) is 10.5 Å². The number of morpholine rings is 1. The van der Waals surface area contributed by atoms with Crippen molar-refractivity contribution < 1.29 is 9.53 Å². The monoisotopic (exact) mass is 391 g/mol. The summed E-state index contributed by atoms with van der Waals surface area (Å²) in [6, 6.07) is 14.9. The van der Waals surface area contributed by atoms with Crippen molar-refractivity contribution in [1.29, 1.82) is 0 Å². The van der Waals surface area contributed by atoms with Gasteiger partial charge >= 0.3 is 0 Å². The van der Waals surface area contributed by atoms with Gasteiger partial charge in [0.25, 0.3) is 11.5 Å². The molecule has 1 saturated heterocycles. The lowest BCUT2D eigenvalue weighted by Gasteiger charge is -2.28. The van der Waals surface area contributed by atoms with Crippen molar-refractivity contribution in [2.24, 2.45) is 5.10 Å². The Morgan fingerprint density at radius 1 is 1.10 bits per heavy atom. The summed E-state index contributed by atoms with van der Waals surface area (Å²) >= 11 is 0. The second kappa shape index (κ2) is 8.24. The van der Waals surface area contributed by atoms with Gasteiger partial charge in [0.1, 0.15) is 0 Å². The first kappa shape index (κ1) is 18.8. The van der Waals surface area contributed by atoms with Crippen LogP contribution in [0.5, 0.6) is 0 Å². The lowest BCUT2D eigenvalue weighted by molar-refractivity contribution is 0.0950. The molecule has 29 heavy (non-hydrogen) atoms. The molecule has 1 amide bonds. The molecule has 2 heterocycles. The maximum absolute atomic E-state index is 12.5. The van der Waals surface area contributed by atoms with E-state index in [9.17, 15) is 9.59 Å². The van der Waals surface area contributed by atoms with E-state index in [2.05, 4.69) is 25.6 Å². The topological polar surface area (TPSA) is 99.7 Å². The number of aromatic nitrogens is 2. The van der Waals surface area contributed by atoms with Gasteiger partial charge in [0.2, 0.25) is 0 Å². The normalized spacial score (nSPS) is 14.8. The molecule has 1 aromatic heterocycles. The predicted molar refractivity (Wildman–Crippen MR) is 112 cm³/mol. The van der Waals surface area contributed by atoms with Crippen LogP contribution in [-0.4, -0.2) is 48.1 Å². The number of anilines is 1. The predicted octanol–water partition coefficient (Wildman–Crippen LogP) is 1.91. The van der Waals surface area contributed by atoms with Gasteiger partial charge in [0.15, 0.2) is 5.69 Å². The van der Waals surface area contributed by atoms with Crippen molar-refractivity contribution in [1.82, 2.24) is 15.6 Å². The van der Waals surface area contributed by atoms with E-state index in [0.29, 0.717) is 16.5 Å². The van der Waals surface area contributed by atoms with Crippen LogP contribution in [0.25, 0.3) is 10.8 Å². The molecule has 0 saturated carbocycles. The van der Waals surface area contributed by atoms with Crippen molar-refractivity contribution >= 4 is 28.1 Å². The lowest BCUT2D eigenvalue weighted by Crippen LogP contribution is -2.36. The Balaban J connectivity index is 1.49. The summed E-state index contributed by atoms with van der Waals surface area (Å²) in [5.74, 6) is -0.485. The number of carbonyl (C=O) groups excluding carboxylic acids is 1. The third-order valence-corrected chi connectivity index (χ3v) is 4.90. The Kier molecular flexibility index (Phi) is 5.35. The Labute approximate surface area is 167 Å². The highest BCUT2D eigenvalue weighted by Gasteiger charge is 2.14. The number of carbonyl (C=O) groups is 1.